The summed E-state index contributed by atoms with van der Waals surface area (Å²) < 4.78 is 11.5. The quantitative estimate of drug-likeness (QED) is 0.846. The molecule has 1 aromatic carbocycles. The third-order valence-electron chi connectivity index (χ3n) is 4.07. The van der Waals surface area contributed by atoms with Crippen LogP contribution in [0.3, 0.4) is 0 Å². The van der Waals surface area contributed by atoms with Crippen LogP contribution in [-0.4, -0.2) is 36.5 Å². The zero-order valence-corrected chi connectivity index (χ0v) is 13.5. The van der Waals surface area contributed by atoms with E-state index in [0.29, 0.717) is 6.04 Å². The standard InChI is InChI=1S/C17H27NO3/c1-12(2)18-17(11-19)8-7-14(10-17)21-15-6-5-13(3)9-16(15)20-4/h5-6,9,12,14,18-19H,7-8,10-11H2,1-4H3. The fourth-order valence-electron chi connectivity index (χ4n) is 3.16. The first kappa shape index (κ1) is 16.1. The lowest BCUT2D eigenvalue weighted by Gasteiger charge is -2.31. The number of aryl methyl sites for hydroxylation is 1. The number of rotatable bonds is 6. The van der Waals surface area contributed by atoms with Gasteiger partial charge in [0.05, 0.1) is 13.7 Å². The van der Waals surface area contributed by atoms with Crippen molar-refractivity contribution < 1.29 is 14.6 Å². The summed E-state index contributed by atoms with van der Waals surface area (Å²) in [5.74, 6) is 1.56. The first-order valence-corrected chi connectivity index (χ1v) is 7.68. The summed E-state index contributed by atoms with van der Waals surface area (Å²) in [6, 6.07) is 6.32. The normalized spacial score (nSPS) is 25.3. The van der Waals surface area contributed by atoms with Gasteiger partial charge in [-0.15, -0.1) is 0 Å². The summed E-state index contributed by atoms with van der Waals surface area (Å²) in [7, 11) is 1.66. The van der Waals surface area contributed by atoms with Crippen LogP contribution in [-0.2, 0) is 0 Å². The Bertz CT molecular complexity index is 475. The maximum atomic E-state index is 9.74. The van der Waals surface area contributed by atoms with Gasteiger partial charge in [0.1, 0.15) is 6.10 Å². The monoisotopic (exact) mass is 293 g/mol. The van der Waals surface area contributed by atoms with Crippen molar-refractivity contribution in [3.05, 3.63) is 23.8 Å². The number of ether oxygens (including phenoxy) is 2. The molecule has 0 saturated heterocycles. The van der Waals surface area contributed by atoms with Gasteiger partial charge in [0.2, 0.25) is 0 Å². The van der Waals surface area contributed by atoms with E-state index < -0.39 is 0 Å². The highest BCUT2D eigenvalue weighted by molar-refractivity contribution is 5.42. The van der Waals surface area contributed by atoms with Crippen molar-refractivity contribution in [2.75, 3.05) is 13.7 Å². The zero-order valence-electron chi connectivity index (χ0n) is 13.5. The molecule has 1 saturated carbocycles. The second-order valence-corrected chi connectivity index (χ2v) is 6.37. The van der Waals surface area contributed by atoms with E-state index in [1.54, 1.807) is 7.11 Å². The Balaban J connectivity index is 2.05. The Labute approximate surface area is 127 Å². The summed E-state index contributed by atoms with van der Waals surface area (Å²) in [6.45, 7) is 6.39. The molecule has 4 heteroatoms. The Hall–Kier alpha value is -1.26. The molecule has 21 heavy (non-hydrogen) atoms. The van der Waals surface area contributed by atoms with Crippen LogP contribution in [0.2, 0.25) is 0 Å². The van der Waals surface area contributed by atoms with Gasteiger partial charge >= 0.3 is 0 Å². The molecule has 4 nitrogen and oxygen atoms in total. The molecule has 1 aliphatic carbocycles. The van der Waals surface area contributed by atoms with Crippen molar-refractivity contribution in [1.29, 1.82) is 0 Å². The third kappa shape index (κ3) is 3.89. The van der Waals surface area contributed by atoms with E-state index >= 15 is 0 Å². The summed E-state index contributed by atoms with van der Waals surface area (Å²) in [5.41, 5.74) is 0.938. The minimum atomic E-state index is -0.212. The fraction of sp³-hybridized carbons (Fsp3) is 0.647. The van der Waals surface area contributed by atoms with Gasteiger partial charge < -0.3 is 19.9 Å². The molecule has 2 N–H and O–H groups in total. The van der Waals surface area contributed by atoms with Crippen molar-refractivity contribution in [2.24, 2.45) is 0 Å². The zero-order chi connectivity index (χ0) is 15.5. The number of benzene rings is 1. The summed E-state index contributed by atoms with van der Waals surface area (Å²) in [5, 5.41) is 13.2. The highest BCUT2D eigenvalue weighted by Gasteiger charge is 2.40. The van der Waals surface area contributed by atoms with E-state index in [1.807, 2.05) is 25.1 Å². The number of aliphatic hydroxyl groups excluding tert-OH is 1. The Morgan fingerprint density at radius 2 is 2.14 bits per heavy atom. The molecule has 0 amide bonds. The molecule has 0 aliphatic heterocycles. The van der Waals surface area contributed by atoms with Crippen LogP contribution < -0.4 is 14.8 Å². The minimum Gasteiger partial charge on any atom is -0.493 e. The van der Waals surface area contributed by atoms with Crippen LogP contribution in [0.4, 0.5) is 0 Å². The smallest absolute Gasteiger partial charge is 0.161 e. The van der Waals surface area contributed by atoms with Gasteiger partial charge in [-0.05, 0) is 37.5 Å². The average Bonchev–Trinajstić information content (AvgIpc) is 2.83. The SMILES string of the molecule is COc1cc(C)ccc1OC1CCC(CO)(NC(C)C)C1. The van der Waals surface area contributed by atoms with Crippen molar-refractivity contribution >= 4 is 0 Å². The van der Waals surface area contributed by atoms with Gasteiger partial charge in [0, 0.05) is 18.0 Å². The van der Waals surface area contributed by atoms with Crippen LogP contribution in [0, 0.1) is 6.92 Å². The van der Waals surface area contributed by atoms with Crippen LogP contribution in [0.15, 0.2) is 18.2 Å². The van der Waals surface area contributed by atoms with E-state index in [4.69, 9.17) is 9.47 Å². The molecule has 0 spiro atoms. The Kier molecular flexibility index (Phi) is 5.12. The molecule has 2 atom stereocenters. The van der Waals surface area contributed by atoms with Crippen molar-refractivity contribution in [1.82, 2.24) is 5.32 Å². The third-order valence-corrected chi connectivity index (χ3v) is 4.07. The van der Waals surface area contributed by atoms with E-state index in [2.05, 4.69) is 19.2 Å². The van der Waals surface area contributed by atoms with E-state index in [9.17, 15) is 5.11 Å². The topological polar surface area (TPSA) is 50.7 Å². The van der Waals surface area contributed by atoms with E-state index in [0.717, 1.165) is 36.3 Å². The second kappa shape index (κ2) is 6.67. The van der Waals surface area contributed by atoms with Gasteiger partial charge in [-0.3, -0.25) is 0 Å². The number of methoxy groups -OCH3 is 1. The molecule has 1 fully saturated rings. The highest BCUT2D eigenvalue weighted by Crippen LogP contribution is 2.36. The minimum absolute atomic E-state index is 0.111. The summed E-state index contributed by atoms with van der Waals surface area (Å²) in [4.78, 5) is 0. The van der Waals surface area contributed by atoms with Crippen LogP contribution >= 0.6 is 0 Å². The number of hydrogen-bond acceptors (Lipinski definition) is 4. The maximum absolute atomic E-state index is 9.74. The van der Waals surface area contributed by atoms with Gasteiger partial charge in [-0.1, -0.05) is 19.9 Å². The molecule has 1 aliphatic rings. The average molecular weight is 293 g/mol. The van der Waals surface area contributed by atoms with E-state index in [1.165, 1.54) is 0 Å². The number of nitrogens with one attached hydrogen (secondary N) is 1. The molecule has 0 heterocycles. The Morgan fingerprint density at radius 3 is 2.76 bits per heavy atom. The van der Waals surface area contributed by atoms with Crippen LogP contribution in [0.1, 0.15) is 38.7 Å². The second-order valence-electron chi connectivity index (χ2n) is 6.37. The van der Waals surface area contributed by atoms with Crippen molar-refractivity contribution in [3.63, 3.8) is 0 Å². The summed E-state index contributed by atoms with van der Waals surface area (Å²) in [6.07, 6.45) is 2.80. The molecule has 118 valence electrons. The number of hydrogen-bond donors (Lipinski definition) is 2. The maximum Gasteiger partial charge on any atom is 0.161 e. The highest BCUT2D eigenvalue weighted by atomic mass is 16.5. The molecule has 2 rings (SSSR count). The molecule has 1 aromatic rings. The molecular formula is C17H27NO3. The lowest BCUT2D eigenvalue weighted by molar-refractivity contribution is 0.132. The molecule has 2 unspecified atom stereocenters. The van der Waals surface area contributed by atoms with Crippen LogP contribution in [0.5, 0.6) is 11.5 Å². The molecule has 0 bridgehead atoms. The number of aliphatic hydroxyl groups is 1. The largest absolute Gasteiger partial charge is 0.493 e. The first-order valence-electron chi connectivity index (χ1n) is 7.68. The van der Waals surface area contributed by atoms with Crippen LogP contribution in [0.25, 0.3) is 0 Å². The van der Waals surface area contributed by atoms with Gasteiger partial charge in [0.15, 0.2) is 11.5 Å². The fourth-order valence-corrected chi connectivity index (χ4v) is 3.16. The lowest BCUT2D eigenvalue weighted by Crippen LogP contribution is -2.50. The van der Waals surface area contributed by atoms with Crippen molar-refractivity contribution in [3.8, 4) is 11.5 Å². The first-order chi connectivity index (χ1) is 9.98. The molecular weight excluding hydrogens is 266 g/mol. The molecule has 0 radical (unpaired) electrons. The van der Waals surface area contributed by atoms with E-state index in [-0.39, 0.29) is 18.2 Å². The van der Waals surface area contributed by atoms with Gasteiger partial charge in [-0.2, -0.15) is 0 Å². The van der Waals surface area contributed by atoms with Gasteiger partial charge in [0.25, 0.3) is 0 Å². The predicted octanol–water partition coefficient (Wildman–Crippen LogP) is 2.66. The lowest BCUT2D eigenvalue weighted by atomic mass is 9.97. The molecule has 0 aromatic heterocycles. The van der Waals surface area contributed by atoms with Gasteiger partial charge in [-0.25, -0.2) is 0 Å². The van der Waals surface area contributed by atoms with Crippen molar-refractivity contribution in [2.45, 2.75) is 57.7 Å². The summed E-state index contributed by atoms with van der Waals surface area (Å²) >= 11 is 0. The predicted molar refractivity (Wildman–Crippen MR) is 84.1 cm³/mol. The Morgan fingerprint density at radius 1 is 1.38 bits per heavy atom.